The van der Waals surface area contributed by atoms with Gasteiger partial charge in [-0.25, -0.2) is 8.42 Å². The number of anilines is 1. The first-order valence-electron chi connectivity index (χ1n) is 12.6. The molecule has 3 rings (SSSR count). The molecule has 0 aromatic heterocycles. The average Bonchev–Trinajstić information content (AvgIpc) is 2.94. The Morgan fingerprint density at radius 3 is 2.23 bits per heavy atom. The molecule has 39 heavy (non-hydrogen) atoms. The molecular formula is C29H34BrN3O5S. The van der Waals surface area contributed by atoms with E-state index in [2.05, 4.69) is 21.2 Å². The van der Waals surface area contributed by atoms with Crippen molar-refractivity contribution in [3.05, 3.63) is 88.9 Å². The van der Waals surface area contributed by atoms with Crippen molar-refractivity contribution in [2.75, 3.05) is 18.0 Å². The summed E-state index contributed by atoms with van der Waals surface area (Å²) in [4.78, 5) is 28.4. The molecule has 0 radical (unpaired) electrons. The topological polar surface area (TPSA) is 96.0 Å². The highest BCUT2D eigenvalue weighted by Gasteiger charge is 2.32. The summed E-state index contributed by atoms with van der Waals surface area (Å²) in [6, 6.07) is 21.0. The summed E-state index contributed by atoms with van der Waals surface area (Å²) in [5.41, 5.74) is 1.13. The maximum absolute atomic E-state index is 13.9. The number of carbonyl (C=O) groups is 2. The van der Waals surface area contributed by atoms with Crippen molar-refractivity contribution in [3.63, 3.8) is 0 Å². The fraction of sp³-hybridized carbons (Fsp3) is 0.310. The van der Waals surface area contributed by atoms with E-state index in [0.717, 1.165) is 20.8 Å². The van der Waals surface area contributed by atoms with Gasteiger partial charge in [-0.05, 0) is 74.4 Å². The second-order valence-corrected chi connectivity index (χ2v) is 11.9. The lowest BCUT2D eigenvalue weighted by molar-refractivity contribution is -0.139. The first kappa shape index (κ1) is 30.2. The van der Waals surface area contributed by atoms with Crippen LogP contribution in [0.5, 0.6) is 5.75 Å². The number of hydrogen-bond donors (Lipinski definition) is 1. The standard InChI is InChI=1S/C29H34BrN3O5S/c1-5-21(2)31-29(35)22(3)32(19-23-10-9-11-24(30)18-23)28(34)20-33(25-12-7-6-8-13-25)39(36,37)27-16-14-26(38-4)15-17-27/h6-18,21-22H,5,19-20H2,1-4H3,(H,31,35)/t21-,22+/m0/s1. The van der Waals surface area contributed by atoms with Crippen LogP contribution in [-0.4, -0.2) is 50.9 Å². The van der Waals surface area contributed by atoms with Crippen molar-refractivity contribution in [2.24, 2.45) is 0 Å². The predicted molar refractivity (Wildman–Crippen MR) is 156 cm³/mol. The van der Waals surface area contributed by atoms with Crippen LogP contribution in [0.3, 0.4) is 0 Å². The van der Waals surface area contributed by atoms with Gasteiger partial charge in [0.05, 0.1) is 17.7 Å². The SMILES string of the molecule is CC[C@H](C)NC(=O)[C@@H](C)N(Cc1cccc(Br)c1)C(=O)CN(c1ccccc1)S(=O)(=O)c1ccc(OC)cc1. The van der Waals surface area contributed by atoms with Crippen molar-refractivity contribution in [1.82, 2.24) is 10.2 Å². The average molecular weight is 617 g/mol. The molecule has 8 nitrogen and oxygen atoms in total. The highest BCUT2D eigenvalue weighted by Crippen LogP contribution is 2.26. The Morgan fingerprint density at radius 1 is 0.974 bits per heavy atom. The van der Waals surface area contributed by atoms with E-state index in [9.17, 15) is 18.0 Å². The number of benzene rings is 3. The maximum Gasteiger partial charge on any atom is 0.264 e. The van der Waals surface area contributed by atoms with Crippen LogP contribution in [0.15, 0.2) is 88.2 Å². The molecule has 0 aliphatic heterocycles. The summed E-state index contributed by atoms with van der Waals surface area (Å²) >= 11 is 3.45. The van der Waals surface area contributed by atoms with Crippen molar-refractivity contribution < 1.29 is 22.7 Å². The van der Waals surface area contributed by atoms with Gasteiger partial charge in [-0.15, -0.1) is 0 Å². The highest BCUT2D eigenvalue weighted by molar-refractivity contribution is 9.10. The summed E-state index contributed by atoms with van der Waals surface area (Å²) in [5.74, 6) is -0.308. The van der Waals surface area contributed by atoms with E-state index in [4.69, 9.17) is 4.74 Å². The van der Waals surface area contributed by atoms with Gasteiger partial charge in [0.2, 0.25) is 11.8 Å². The molecule has 0 unspecified atom stereocenters. The Hall–Kier alpha value is -3.37. The Kier molecular flexibility index (Phi) is 10.5. The van der Waals surface area contributed by atoms with Crippen LogP contribution in [-0.2, 0) is 26.2 Å². The number of rotatable bonds is 12. The van der Waals surface area contributed by atoms with Crippen LogP contribution in [0.1, 0.15) is 32.8 Å². The van der Waals surface area contributed by atoms with E-state index >= 15 is 0 Å². The van der Waals surface area contributed by atoms with Gasteiger partial charge in [0.25, 0.3) is 10.0 Å². The largest absolute Gasteiger partial charge is 0.497 e. The third-order valence-electron chi connectivity index (χ3n) is 6.38. The van der Waals surface area contributed by atoms with Gasteiger partial charge in [-0.2, -0.15) is 0 Å². The number of halogens is 1. The summed E-state index contributed by atoms with van der Waals surface area (Å²) in [7, 11) is -2.64. The zero-order valence-electron chi connectivity index (χ0n) is 22.5. The number of methoxy groups -OCH3 is 1. The maximum atomic E-state index is 13.9. The van der Waals surface area contributed by atoms with E-state index < -0.39 is 28.5 Å². The Morgan fingerprint density at radius 2 is 1.64 bits per heavy atom. The molecule has 208 valence electrons. The Balaban J connectivity index is 2.00. The Bertz CT molecular complexity index is 1370. The quantitative estimate of drug-likeness (QED) is 0.310. The lowest BCUT2D eigenvalue weighted by Gasteiger charge is -2.32. The second kappa shape index (κ2) is 13.6. The minimum atomic E-state index is -4.13. The zero-order valence-corrected chi connectivity index (χ0v) is 24.9. The lowest BCUT2D eigenvalue weighted by atomic mass is 10.1. The lowest BCUT2D eigenvalue weighted by Crippen LogP contribution is -2.52. The van der Waals surface area contributed by atoms with Gasteiger partial charge >= 0.3 is 0 Å². The number of para-hydroxylation sites is 1. The number of ether oxygens (including phenoxy) is 1. The molecule has 10 heteroatoms. The van der Waals surface area contributed by atoms with Gasteiger partial charge in [0.15, 0.2) is 0 Å². The summed E-state index contributed by atoms with van der Waals surface area (Å²) in [5, 5.41) is 2.93. The molecular weight excluding hydrogens is 582 g/mol. The van der Waals surface area contributed by atoms with Crippen LogP contribution >= 0.6 is 15.9 Å². The van der Waals surface area contributed by atoms with E-state index in [0.29, 0.717) is 11.4 Å². The molecule has 3 aromatic carbocycles. The molecule has 0 spiro atoms. The van der Waals surface area contributed by atoms with Crippen LogP contribution in [0.25, 0.3) is 0 Å². The molecule has 0 bridgehead atoms. The third kappa shape index (κ3) is 7.83. The van der Waals surface area contributed by atoms with E-state index in [1.807, 2.05) is 38.1 Å². The molecule has 2 amide bonds. The number of amides is 2. The van der Waals surface area contributed by atoms with Crippen LogP contribution in [0.2, 0.25) is 0 Å². The monoisotopic (exact) mass is 615 g/mol. The first-order valence-corrected chi connectivity index (χ1v) is 14.9. The van der Waals surface area contributed by atoms with E-state index in [1.165, 1.54) is 24.1 Å². The minimum Gasteiger partial charge on any atom is -0.497 e. The second-order valence-electron chi connectivity index (χ2n) is 9.17. The first-order chi connectivity index (χ1) is 18.6. The number of nitrogens with one attached hydrogen (secondary N) is 1. The summed E-state index contributed by atoms with van der Waals surface area (Å²) in [6.07, 6.45) is 0.736. The van der Waals surface area contributed by atoms with Crippen molar-refractivity contribution in [1.29, 1.82) is 0 Å². The Labute approximate surface area is 239 Å². The van der Waals surface area contributed by atoms with Gasteiger partial charge in [0.1, 0.15) is 18.3 Å². The van der Waals surface area contributed by atoms with Gasteiger partial charge in [0, 0.05) is 17.1 Å². The summed E-state index contributed by atoms with van der Waals surface area (Å²) < 4.78 is 34.7. The fourth-order valence-corrected chi connectivity index (χ4v) is 5.74. The smallest absolute Gasteiger partial charge is 0.264 e. The highest BCUT2D eigenvalue weighted by atomic mass is 79.9. The molecule has 3 aromatic rings. The van der Waals surface area contributed by atoms with Gasteiger partial charge in [-0.3, -0.25) is 13.9 Å². The number of hydrogen-bond acceptors (Lipinski definition) is 5. The fourth-order valence-electron chi connectivity index (χ4n) is 3.88. The number of carbonyl (C=O) groups excluding carboxylic acids is 2. The number of nitrogens with zero attached hydrogens (tertiary/aromatic N) is 2. The molecule has 0 fully saturated rings. The van der Waals surface area contributed by atoms with Crippen LogP contribution in [0, 0.1) is 0 Å². The molecule has 0 saturated carbocycles. The molecule has 0 heterocycles. The van der Waals surface area contributed by atoms with E-state index in [1.54, 1.807) is 49.4 Å². The van der Waals surface area contributed by atoms with Crippen molar-refractivity contribution in [2.45, 2.75) is 50.7 Å². The van der Waals surface area contributed by atoms with Crippen molar-refractivity contribution in [3.8, 4) is 5.75 Å². The molecule has 0 saturated heterocycles. The normalized spacial score (nSPS) is 12.7. The molecule has 2 atom stereocenters. The zero-order chi connectivity index (χ0) is 28.6. The van der Waals surface area contributed by atoms with Crippen LogP contribution in [0.4, 0.5) is 5.69 Å². The third-order valence-corrected chi connectivity index (χ3v) is 8.66. The van der Waals surface area contributed by atoms with Crippen molar-refractivity contribution >= 4 is 43.5 Å². The van der Waals surface area contributed by atoms with Gasteiger partial charge in [-0.1, -0.05) is 53.2 Å². The van der Waals surface area contributed by atoms with E-state index in [-0.39, 0.29) is 23.4 Å². The van der Waals surface area contributed by atoms with Gasteiger partial charge < -0.3 is 15.0 Å². The molecule has 1 N–H and O–H groups in total. The van der Waals surface area contributed by atoms with Crippen LogP contribution < -0.4 is 14.4 Å². The molecule has 0 aliphatic rings. The molecule has 0 aliphatic carbocycles. The predicted octanol–water partition coefficient (Wildman–Crippen LogP) is 4.99. The summed E-state index contributed by atoms with van der Waals surface area (Å²) in [6.45, 7) is 5.13. The minimum absolute atomic E-state index is 0.0149. The number of sulfonamides is 1.